The first-order valence-electron chi connectivity index (χ1n) is 12.7. The molecule has 0 saturated heterocycles. The van der Waals surface area contributed by atoms with Crippen molar-refractivity contribution in [2.45, 2.75) is 156 Å². The fourth-order valence-corrected chi connectivity index (χ4v) is 4.01. The number of halogens is 1. The molecule has 0 rings (SSSR count). The van der Waals surface area contributed by atoms with Gasteiger partial charge >= 0.3 is 0 Å². The van der Waals surface area contributed by atoms with Gasteiger partial charge in [-0.3, -0.25) is 4.79 Å². The van der Waals surface area contributed by atoms with E-state index in [1.165, 1.54) is 122 Å². The fraction of sp³-hybridized carbons (Fsp3) is 0.962. The summed E-state index contributed by atoms with van der Waals surface area (Å²) in [7, 11) is 0. The molecule has 0 aliphatic heterocycles. The summed E-state index contributed by atoms with van der Waals surface area (Å²) in [5.74, 6) is 0. The van der Waals surface area contributed by atoms with Crippen molar-refractivity contribution in [2.24, 2.45) is 5.41 Å². The summed E-state index contributed by atoms with van der Waals surface area (Å²) in [6.07, 6.45) is 29.0. The summed E-state index contributed by atoms with van der Waals surface area (Å²) in [4.78, 5) is 11.3. The molecule has 168 valence electrons. The van der Waals surface area contributed by atoms with Gasteiger partial charge in [0.15, 0.2) is 0 Å². The van der Waals surface area contributed by atoms with Gasteiger partial charge in [-0.2, -0.15) is 0 Å². The van der Waals surface area contributed by atoms with E-state index in [1.54, 1.807) is 0 Å². The predicted octanol–water partition coefficient (Wildman–Crippen LogP) is 9.99. The molecule has 0 radical (unpaired) electrons. The van der Waals surface area contributed by atoms with Crippen LogP contribution < -0.4 is 0 Å². The maximum atomic E-state index is 11.3. The van der Waals surface area contributed by atoms with Crippen LogP contribution in [0.3, 0.4) is 0 Å². The Bertz CT molecular complexity index is 337. The molecule has 0 atom stereocenters. The van der Waals surface area contributed by atoms with Crippen LogP contribution in [0.5, 0.6) is 0 Å². The molecule has 0 aliphatic carbocycles. The van der Waals surface area contributed by atoms with Crippen molar-refractivity contribution in [3.63, 3.8) is 0 Å². The van der Waals surface area contributed by atoms with E-state index in [0.717, 1.165) is 12.8 Å². The molecule has 0 aliphatic rings. The number of rotatable bonds is 22. The molecule has 0 aromatic carbocycles. The van der Waals surface area contributed by atoms with E-state index in [1.807, 2.05) is 13.8 Å². The molecule has 0 N–H and O–H groups in total. The Morgan fingerprint density at radius 2 is 0.786 bits per heavy atom. The molecule has 0 heterocycles. The predicted molar refractivity (Wildman–Crippen MR) is 127 cm³/mol. The quantitative estimate of drug-likeness (QED) is 0.127. The molecular weight excluding hydrogens is 364 g/mol. The Balaban J connectivity index is 3.12. The zero-order valence-electron chi connectivity index (χ0n) is 19.6. The van der Waals surface area contributed by atoms with Crippen molar-refractivity contribution in [2.75, 3.05) is 0 Å². The van der Waals surface area contributed by atoms with Crippen LogP contribution in [0.1, 0.15) is 156 Å². The maximum absolute atomic E-state index is 11.3. The van der Waals surface area contributed by atoms with Crippen molar-refractivity contribution < 1.29 is 4.79 Å². The molecule has 0 fully saturated rings. The molecule has 0 spiro atoms. The van der Waals surface area contributed by atoms with E-state index < -0.39 is 0 Å². The lowest BCUT2D eigenvalue weighted by Crippen LogP contribution is -2.18. The summed E-state index contributed by atoms with van der Waals surface area (Å²) in [6, 6.07) is 0. The zero-order valence-corrected chi connectivity index (χ0v) is 20.4. The van der Waals surface area contributed by atoms with Crippen molar-refractivity contribution in [1.29, 1.82) is 0 Å². The lowest BCUT2D eigenvalue weighted by molar-refractivity contribution is -0.119. The molecule has 0 aromatic heterocycles. The maximum Gasteiger partial charge on any atom is 0.227 e. The number of hydrogen-bond donors (Lipinski definition) is 0. The summed E-state index contributed by atoms with van der Waals surface area (Å²) < 4.78 is 0. The average molecular weight is 415 g/mol. The van der Waals surface area contributed by atoms with E-state index in [2.05, 4.69) is 6.92 Å². The Kier molecular flexibility index (Phi) is 20.2. The Hall–Kier alpha value is -0.0400. The normalized spacial score (nSPS) is 11.9. The molecule has 28 heavy (non-hydrogen) atoms. The second-order valence-electron chi connectivity index (χ2n) is 9.63. The first-order valence-corrected chi connectivity index (χ1v) is 13.1. The summed E-state index contributed by atoms with van der Waals surface area (Å²) >= 11 is 5.62. The van der Waals surface area contributed by atoms with Crippen LogP contribution in [0.15, 0.2) is 0 Å². The number of carbonyl (C=O) groups is 1. The molecule has 0 aromatic rings. The minimum Gasteiger partial charge on any atom is -0.281 e. The standard InChI is InChI=1S/C26H51ClO/c1-4-5-6-7-8-9-10-11-12-13-14-15-16-17-18-19-20-21-22-23-24-26(2,3)25(27)28/h4-24H2,1-3H3. The largest absolute Gasteiger partial charge is 0.281 e. The van der Waals surface area contributed by atoms with E-state index >= 15 is 0 Å². The highest BCUT2D eigenvalue weighted by atomic mass is 35.5. The van der Waals surface area contributed by atoms with Crippen LogP contribution in [0.2, 0.25) is 0 Å². The van der Waals surface area contributed by atoms with E-state index in [4.69, 9.17) is 11.6 Å². The van der Waals surface area contributed by atoms with Gasteiger partial charge in [0.2, 0.25) is 5.24 Å². The minimum absolute atomic E-state index is 0.190. The third-order valence-electron chi connectivity index (χ3n) is 6.19. The van der Waals surface area contributed by atoms with Gasteiger partial charge in [0.1, 0.15) is 0 Å². The van der Waals surface area contributed by atoms with Crippen LogP contribution in [-0.4, -0.2) is 5.24 Å². The summed E-state index contributed by atoms with van der Waals surface area (Å²) in [5.41, 5.74) is -0.337. The second-order valence-corrected chi connectivity index (χ2v) is 9.97. The van der Waals surface area contributed by atoms with Crippen LogP contribution in [-0.2, 0) is 4.79 Å². The highest BCUT2D eigenvalue weighted by Crippen LogP contribution is 2.26. The SMILES string of the molecule is CCCCCCCCCCCCCCCCCCCCCCC(C)(C)C(=O)Cl. The van der Waals surface area contributed by atoms with Crippen molar-refractivity contribution in [3.05, 3.63) is 0 Å². The highest BCUT2D eigenvalue weighted by molar-refractivity contribution is 6.64. The first kappa shape index (κ1) is 28.0. The van der Waals surface area contributed by atoms with Crippen LogP contribution >= 0.6 is 11.6 Å². The van der Waals surface area contributed by atoms with Gasteiger partial charge in [0.25, 0.3) is 0 Å². The third kappa shape index (κ3) is 19.3. The molecule has 0 unspecified atom stereocenters. The molecule has 1 nitrogen and oxygen atoms in total. The van der Waals surface area contributed by atoms with Gasteiger partial charge in [-0.05, 0) is 18.0 Å². The van der Waals surface area contributed by atoms with Crippen LogP contribution in [0.25, 0.3) is 0 Å². The van der Waals surface area contributed by atoms with E-state index in [9.17, 15) is 4.79 Å². The van der Waals surface area contributed by atoms with Crippen LogP contribution in [0.4, 0.5) is 0 Å². The smallest absolute Gasteiger partial charge is 0.227 e. The van der Waals surface area contributed by atoms with Crippen LogP contribution in [0, 0.1) is 5.41 Å². The zero-order chi connectivity index (χ0) is 20.9. The number of carbonyl (C=O) groups excluding carboxylic acids is 1. The molecule has 0 amide bonds. The Labute approximate surface area is 182 Å². The Morgan fingerprint density at radius 3 is 1.04 bits per heavy atom. The lowest BCUT2D eigenvalue weighted by atomic mass is 9.88. The minimum atomic E-state index is -0.337. The lowest BCUT2D eigenvalue weighted by Gasteiger charge is -2.18. The van der Waals surface area contributed by atoms with Gasteiger partial charge < -0.3 is 0 Å². The monoisotopic (exact) mass is 414 g/mol. The van der Waals surface area contributed by atoms with Gasteiger partial charge in [0, 0.05) is 5.41 Å². The van der Waals surface area contributed by atoms with Gasteiger partial charge in [-0.15, -0.1) is 0 Å². The summed E-state index contributed by atoms with van der Waals surface area (Å²) in [6.45, 7) is 6.20. The molecule has 2 heteroatoms. The highest BCUT2D eigenvalue weighted by Gasteiger charge is 2.24. The third-order valence-corrected chi connectivity index (χ3v) is 6.70. The van der Waals surface area contributed by atoms with Crippen molar-refractivity contribution >= 4 is 16.8 Å². The second kappa shape index (κ2) is 20.2. The molecule has 0 saturated carbocycles. The fourth-order valence-electron chi connectivity index (χ4n) is 3.92. The van der Waals surface area contributed by atoms with E-state index in [0.29, 0.717) is 0 Å². The topological polar surface area (TPSA) is 17.1 Å². The van der Waals surface area contributed by atoms with Crippen molar-refractivity contribution in [3.8, 4) is 0 Å². The van der Waals surface area contributed by atoms with Crippen molar-refractivity contribution in [1.82, 2.24) is 0 Å². The average Bonchev–Trinajstić information content (AvgIpc) is 2.66. The summed E-state index contributed by atoms with van der Waals surface area (Å²) in [5, 5.41) is -0.190. The number of hydrogen-bond acceptors (Lipinski definition) is 1. The van der Waals surface area contributed by atoms with Gasteiger partial charge in [-0.1, -0.05) is 149 Å². The van der Waals surface area contributed by atoms with E-state index in [-0.39, 0.29) is 10.7 Å². The first-order chi connectivity index (χ1) is 13.5. The molecule has 0 bridgehead atoms. The molecular formula is C26H51ClO. The van der Waals surface area contributed by atoms with Gasteiger partial charge in [-0.25, -0.2) is 0 Å². The van der Waals surface area contributed by atoms with Gasteiger partial charge in [0.05, 0.1) is 0 Å². The Morgan fingerprint density at radius 1 is 0.536 bits per heavy atom. The number of unbranched alkanes of at least 4 members (excludes halogenated alkanes) is 19.